The SMILES string of the molecule is CSC1CCC(NS(=O)(=O)c2ccc(CN)s2)CC1. The smallest absolute Gasteiger partial charge is 0.250 e. The van der Waals surface area contributed by atoms with Crippen molar-refractivity contribution in [3.8, 4) is 0 Å². The van der Waals surface area contributed by atoms with E-state index < -0.39 is 10.0 Å². The molecular formula is C12H20N2O2S3. The Kier molecular flexibility index (Phi) is 5.30. The molecule has 0 radical (unpaired) electrons. The lowest BCUT2D eigenvalue weighted by atomic mass is 9.96. The van der Waals surface area contributed by atoms with Crippen LogP contribution in [-0.4, -0.2) is 26.0 Å². The number of hydrogen-bond acceptors (Lipinski definition) is 5. The summed E-state index contributed by atoms with van der Waals surface area (Å²) >= 11 is 3.13. The molecule has 19 heavy (non-hydrogen) atoms. The Morgan fingerprint density at radius 3 is 2.58 bits per heavy atom. The van der Waals surface area contributed by atoms with Crippen LogP contribution in [0.2, 0.25) is 0 Å². The van der Waals surface area contributed by atoms with Crippen molar-refractivity contribution in [1.29, 1.82) is 0 Å². The van der Waals surface area contributed by atoms with Gasteiger partial charge in [-0.1, -0.05) is 0 Å². The van der Waals surface area contributed by atoms with Crippen LogP contribution in [0.4, 0.5) is 0 Å². The second-order valence-corrected chi connectivity index (χ2v) is 9.00. The zero-order valence-corrected chi connectivity index (χ0v) is 13.4. The highest BCUT2D eigenvalue weighted by Gasteiger charge is 2.26. The monoisotopic (exact) mass is 320 g/mol. The summed E-state index contributed by atoms with van der Waals surface area (Å²) in [6, 6.07) is 3.50. The van der Waals surface area contributed by atoms with Gasteiger partial charge in [0, 0.05) is 22.7 Å². The number of rotatable bonds is 5. The summed E-state index contributed by atoms with van der Waals surface area (Å²) in [5, 5.41) is 0.686. The molecule has 1 aliphatic carbocycles. The highest BCUT2D eigenvalue weighted by atomic mass is 32.2. The number of nitrogens with one attached hydrogen (secondary N) is 1. The Labute approximate surface area is 123 Å². The van der Waals surface area contributed by atoms with Crippen LogP contribution in [0.25, 0.3) is 0 Å². The molecule has 0 aromatic carbocycles. The van der Waals surface area contributed by atoms with Crippen LogP contribution in [0.5, 0.6) is 0 Å². The van der Waals surface area contributed by atoms with Crippen molar-refractivity contribution in [3.63, 3.8) is 0 Å². The highest BCUT2D eigenvalue weighted by Crippen LogP contribution is 2.28. The molecule has 0 aliphatic heterocycles. The van der Waals surface area contributed by atoms with Crippen molar-refractivity contribution in [2.24, 2.45) is 5.73 Å². The molecule has 7 heteroatoms. The van der Waals surface area contributed by atoms with Gasteiger partial charge in [-0.15, -0.1) is 11.3 Å². The fourth-order valence-corrected chi connectivity index (χ4v) is 5.61. The standard InChI is InChI=1S/C12H20N2O2S3/c1-17-10-4-2-9(3-5-10)14-19(15,16)12-7-6-11(8-13)18-12/h6-7,9-10,14H,2-5,8,13H2,1H3. The van der Waals surface area contributed by atoms with Gasteiger partial charge in [-0.3, -0.25) is 0 Å². The Balaban J connectivity index is 1.98. The maximum Gasteiger partial charge on any atom is 0.250 e. The summed E-state index contributed by atoms with van der Waals surface area (Å²) in [4.78, 5) is 0.895. The Bertz CT molecular complexity index is 505. The normalized spacial score (nSPS) is 24.5. The fourth-order valence-electron chi connectivity index (χ4n) is 2.31. The van der Waals surface area contributed by atoms with E-state index in [-0.39, 0.29) is 6.04 Å². The van der Waals surface area contributed by atoms with E-state index in [4.69, 9.17) is 5.73 Å². The van der Waals surface area contributed by atoms with Gasteiger partial charge in [0.25, 0.3) is 0 Å². The molecule has 1 aromatic rings. The van der Waals surface area contributed by atoms with E-state index >= 15 is 0 Å². The third-order valence-corrected chi connectivity index (χ3v) is 7.69. The summed E-state index contributed by atoms with van der Waals surface area (Å²) < 4.78 is 27.7. The summed E-state index contributed by atoms with van der Waals surface area (Å²) in [6.07, 6.45) is 6.16. The second-order valence-electron chi connectivity index (χ2n) is 4.76. The molecule has 0 atom stereocenters. The maximum atomic E-state index is 12.2. The largest absolute Gasteiger partial charge is 0.326 e. The molecule has 1 aliphatic rings. The summed E-state index contributed by atoms with van der Waals surface area (Å²) in [6.45, 7) is 0.388. The molecule has 3 N–H and O–H groups in total. The van der Waals surface area contributed by atoms with E-state index in [0.717, 1.165) is 30.6 Å². The number of thioether (sulfide) groups is 1. The van der Waals surface area contributed by atoms with Crippen molar-refractivity contribution in [2.75, 3.05) is 6.26 Å². The van der Waals surface area contributed by atoms with Gasteiger partial charge in [0.2, 0.25) is 10.0 Å². The van der Waals surface area contributed by atoms with Gasteiger partial charge in [0.1, 0.15) is 4.21 Å². The van der Waals surface area contributed by atoms with E-state index in [0.29, 0.717) is 16.0 Å². The molecule has 0 spiro atoms. The Hall–Kier alpha value is -0.0800. The van der Waals surface area contributed by atoms with Crippen LogP contribution in [0.15, 0.2) is 16.3 Å². The van der Waals surface area contributed by atoms with Crippen molar-refractivity contribution in [3.05, 3.63) is 17.0 Å². The first-order chi connectivity index (χ1) is 9.05. The minimum absolute atomic E-state index is 0.0804. The molecular weight excluding hydrogens is 300 g/mol. The van der Waals surface area contributed by atoms with Gasteiger partial charge in [-0.2, -0.15) is 11.8 Å². The van der Waals surface area contributed by atoms with E-state index in [1.165, 1.54) is 11.3 Å². The summed E-state index contributed by atoms with van der Waals surface area (Å²) in [5.74, 6) is 0. The zero-order chi connectivity index (χ0) is 13.9. The van der Waals surface area contributed by atoms with Crippen LogP contribution in [0.1, 0.15) is 30.6 Å². The molecule has 0 amide bonds. The molecule has 0 bridgehead atoms. The van der Waals surface area contributed by atoms with Gasteiger partial charge < -0.3 is 5.73 Å². The third kappa shape index (κ3) is 3.95. The van der Waals surface area contributed by atoms with Crippen molar-refractivity contribution in [1.82, 2.24) is 4.72 Å². The summed E-state index contributed by atoms with van der Waals surface area (Å²) in [5.41, 5.74) is 5.51. The van der Waals surface area contributed by atoms with Crippen LogP contribution < -0.4 is 10.5 Å². The van der Waals surface area contributed by atoms with E-state index in [1.807, 2.05) is 11.8 Å². The average molecular weight is 321 g/mol. The van der Waals surface area contributed by atoms with Crippen LogP contribution >= 0.6 is 23.1 Å². The van der Waals surface area contributed by atoms with Gasteiger partial charge >= 0.3 is 0 Å². The first kappa shape index (κ1) is 15.3. The fraction of sp³-hybridized carbons (Fsp3) is 0.667. The van der Waals surface area contributed by atoms with Gasteiger partial charge in [0.15, 0.2) is 0 Å². The predicted molar refractivity (Wildman–Crippen MR) is 82.1 cm³/mol. The minimum Gasteiger partial charge on any atom is -0.326 e. The number of thiophene rings is 1. The predicted octanol–water partition coefficient (Wildman–Crippen LogP) is 2.16. The third-order valence-electron chi connectivity index (χ3n) is 3.43. The minimum atomic E-state index is -3.37. The first-order valence-electron chi connectivity index (χ1n) is 6.39. The number of hydrogen-bond donors (Lipinski definition) is 2. The lowest BCUT2D eigenvalue weighted by molar-refractivity contribution is 0.420. The van der Waals surface area contributed by atoms with E-state index in [2.05, 4.69) is 11.0 Å². The molecule has 1 heterocycles. The van der Waals surface area contributed by atoms with E-state index in [9.17, 15) is 8.42 Å². The molecule has 0 saturated heterocycles. The zero-order valence-electron chi connectivity index (χ0n) is 11.0. The molecule has 4 nitrogen and oxygen atoms in total. The van der Waals surface area contributed by atoms with Gasteiger partial charge in [-0.25, -0.2) is 13.1 Å². The van der Waals surface area contributed by atoms with Crippen molar-refractivity contribution < 1.29 is 8.42 Å². The van der Waals surface area contributed by atoms with Gasteiger partial charge in [-0.05, 0) is 44.1 Å². The van der Waals surface area contributed by atoms with E-state index in [1.54, 1.807) is 12.1 Å². The van der Waals surface area contributed by atoms with Gasteiger partial charge in [0.05, 0.1) is 0 Å². The van der Waals surface area contributed by atoms with Crippen LogP contribution in [0, 0.1) is 0 Å². The molecule has 0 unspecified atom stereocenters. The van der Waals surface area contributed by atoms with Crippen molar-refractivity contribution in [2.45, 2.75) is 47.7 Å². The number of nitrogens with two attached hydrogens (primary N) is 1. The lowest BCUT2D eigenvalue weighted by Gasteiger charge is -2.27. The topological polar surface area (TPSA) is 72.2 Å². The Morgan fingerprint density at radius 1 is 1.37 bits per heavy atom. The van der Waals surface area contributed by atoms with Crippen LogP contribution in [-0.2, 0) is 16.6 Å². The second kappa shape index (κ2) is 6.58. The lowest BCUT2D eigenvalue weighted by Crippen LogP contribution is -2.37. The molecule has 1 fully saturated rings. The molecule has 1 aromatic heterocycles. The molecule has 108 valence electrons. The quantitative estimate of drug-likeness (QED) is 0.872. The average Bonchev–Trinajstić information content (AvgIpc) is 2.89. The maximum absolute atomic E-state index is 12.2. The molecule has 1 saturated carbocycles. The number of sulfonamides is 1. The summed E-state index contributed by atoms with van der Waals surface area (Å²) in [7, 11) is -3.37. The van der Waals surface area contributed by atoms with Crippen LogP contribution in [0.3, 0.4) is 0 Å². The Morgan fingerprint density at radius 2 is 2.05 bits per heavy atom. The molecule has 2 rings (SSSR count). The van der Waals surface area contributed by atoms with Crippen molar-refractivity contribution >= 4 is 33.1 Å². The first-order valence-corrected chi connectivity index (χ1v) is 9.98. The highest BCUT2D eigenvalue weighted by molar-refractivity contribution is 7.99.